The summed E-state index contributed by atoms with van der Waals surface area (Å²) in [6.45, 7) is 0. The van der Waals surface area contributed by atoms with Crippen LogP contribution < -0.4 is 0 Å². The van der Waals surface area contributed by atoms with Gasteiger partial charge in [-0.15, -0.1) is 11.3 Å². The molecule has 3 aromatic rings. The number of rotatable bonds is 4. The van der Waals surface area contributed by atoms with Crippen LogP contribution in [0.1, 0.15) is 16.1 Å². The maximum Gasteiger partial charge on any atom is 0.416 e. The highest BCUT2D eigenvalue weighted by atomic mass is 32.1. The lowest BCUT2D eigenvalue weighted by molar-refractivity contribution is -0.384. The number of allylic oxidation sites excluding steroid dienone is 1. The lowest BCUT2D eigenvalue weighted by Gasteiger charge is -2.09. The maximum atomic E-state index is 13.1. The van der Waals surface area contributed by atoms with E-state index in [0.29, 0.717) is 11.3 Å². The van der Waals surface area contributed by atoms with E-state index in [1.807, 2.05) is 6.07 Å². The fourth-order valence-electron chi connectivity index (χ4n) is 2.46. The van der Waals surface area contributed by atoms with Gasteiger partial charge in [0, 0.05) is 23.1 Å². The van der Waals surface area contributed by atoms with Crippen LogP contribution in [0, 0.1) is 21.4 Å². The third kappa shape index (κ3) is 4.07. The molecule has 0 aliphatic carbocycles. The molecule has 28 heavy (non-hydrogen) atoms. The third-order valence-corrected chi connectivity index (χ3v) is 4.67. The van der Waals surface area contributed by atoms with Gasteiger partial charge < -0.3 is 0 Å². The third-order valence-electron chi connectivity index (χ3n) is 3.79. The van der Waals surface area contributed by atoms with E-state index in [1.165, 1.54) is 42.5 Å². The SMILES string of the molecule is N#CC(=Cc1ccccc1C(F)(F)F)c1nc(-c2ccc([N+](=O)[O-])cc2)cs1. The lowest BCUT2D eigenvalue weighted by Crippen LogP contribution is -2.07. The molecular formula is C19H10F3N3O2S. The molecule has 0 fully saturated rings. The van der Waals surface area contributed by atoms with Crippen LogP contribution in [0.15, 0.2) is 53.9 Å². The Kier molecular flexibility index (Phi) is 5.24. The average molecular weight is 401 g/mol. The minimum absolute atomic E-state index is 0.00476. The van der Waals surface area contributed by atoms with E-state index in [2.05, 4.69) is 4.98 Å². The molecule has 1 aromatic heterocycles. The van der Waals surface area contributed by atoms with Gasteiger partial charge in [0.2, 0.25) is 0 Å². The van der Waals surface area contributed by atoms with Gasteiger partial charge in [0.1, 0.15) is 11.1 Å². The lowest BCUT2D eigenvalue weighted by atomic mass is 10.0. The Bertz CT molecular complexity index is 1100. The number of non-ortho nitro benzene ring substituents is 1. The Morgan fingerprint density at radius 2 is 1.86 bits per heavy atom. The molecule has 0 saturated heterocycles. The number of nitro groups is 1. The van der Waals surface area contributed by atoms with Gasteiger partial charge in [-0.25, -0.2) is 4.98 Å². The highest BCUT2D eigenvalue weighted by Crippen LogP contribution is 2.34. The summed E-state index contributed by atoms with van der Waals surface area (Å²) in [5.74, 6) is 0. The number of nitriles is 1. The van der Waals surface area contributed by atoms with E-state index in [-0.39, 0.29) is 21.8 Å². The smallest absolute Gasteiger partial charge is 0.258 e. The van der Waals surface area contributed by atoms with Crippen LogP contribution in [0.3, 0.4) is 0 Å². The van der Waals surface area contributed by atoms with Crippen LogP contribution in [-0.2, 0) is 6.18 Å². The Morgan fingerprint density at radius 3 is 2.46 bits per heavy atom. The Hall–Kier alpha value is -3.51. The first-order chi connectivity index (χ1) is 13.3. The first kappa shape index (κ1) is 19.3. The quantitative estimate of drug-likeness (QED) is 0.314. The minimum Gasteiger partial charge on any atom is -0.258 e. The summed E-state index contributed by atoms with van der Waals surface area (Å²) in [7, 11) is 0. The number of thiazole rings is 1. The van der Waals surface area contributed by atoms with Crippen molar-refractivity contribution in [3.63, 3.8) is 0 Å². The zero-order valence-corrected chi connectivity index (χ0v) is 14.8. The topological polar surface area (TPSA) is 79.8 Å². The molecule has 140 valence electrons. The van der Waals surface area contributed by atoms with Gasteiger partial charge >= 0.3 is 6.18 Å². The van der Waals surface area contributed by atoms with Crippen molar-refractivity contribution in [2.75, 3.05) is 0 Å². The van der Waals surface area contributed by atoms with Crippen LogP contribution in [0.5, 0.6) is 0 Å². The Balaban J connectivity index is 1.97. The maximum absolute atomic E-state index is 13.1. The Labute approximate surface area is 161 Å². The van der Waals surface area contributed by atoms with Crippen molar-refractivity contribution < 1.29 is 18.1 Å². The number of alkyl halides is 3. The molecule has 3 rings (SSSR count). The number of hydrogen-bond acceptors (Lipinski definition) is 5. The standard InChI is InChI=1S/C19H10F3N3O2S/c20-19(21,22)16-4-2-1-3-13(16)9-14(10-23)18-24-17(11-28-18)12-5-7-15(8-6-12)25(26)27/h1-9,11H. The van der Waals surface area contributed by atoms with Crippen LogP contribution in [0.4, 0.5) is 18.9 Å². The molecule has 5 nitrogen and oxygen atoms in total. The molecule has 1 heterocycles. The number of hydrogen-bond donors (Lipinski definition) is 0. The van der Waals surface area contributed by atoms with Gasteiger partial charge in [-0.3, -0.25) is 10.1 Å². The molecule has 0 spiro atoms. The summed E-state index contributed by atoms with van der Waals surface area (Å²) in [6.07, 6.45) is -3.39. The highest BCUT2D eigenvalue weighted by molar-refractivity contribution is 7.11. The largest absolute Gasteiger partial charge is 0.416 e. The predicted molar refractivity (Wildman–Crippen MR) is 99.1 cm³/mol. The number of aromatic nitrogens is 1. The van der Waals surface area contributed by atoms with E-state index >= 15 is 0 Å². The van der Waals surface area contributed by atoms with Crippen molar-refractivity contribution in [1.29, 1.82) is 5.26 Å². The molecular weight excluding hydrogens is 391 g/mol. The molecule has 0 aliphatic rings. The molecule has 9 heteroatoms. The minimum atomic E-state index is -4.54. The normalized spacial score (nSPS) is 11.9. The van der Waals surface area contributed by atoms with Gasteiger partial charge in [0.25, 0.3) is 5.69 Å². The second-order valence-electron chi connectivity index (χ2n) is 5.60. The van der Waals surface area contributed by atoms with Crippen molar-refractivity contribution in [3.8, 4) is 17.3 Å². The monoisotopic (exact) mass is 401 g/mol. The van der Waals surface area contributed by atoms with Gasteiger partial charge in [-0.1, -0.05) is 18.2 Å². The molecule has 0 unspecified atom stereocenters. The summed E-state index contributed by atoms with van der Waals surface area (Å²) in [5.41, 5.74) is 0.0326. The summed E-state index contributed by atoms with van der Waals surface area (Å²) in [6, 6.07) is 12.6. The Morgan fingerprint density at radius 1 is 1.18 bits per heavy atom. The average Bonchev–Trinajstić information content (AvgIpc) is 3.15. The van der Waals surface area contributed by atoms with Gasteiger partial charge in [-0.05, 0) is 29.8 Å². The van der Waals surface area contributed by atoms with E-state index in [4.69, 9.17) is 0 Å². The molecule has 0 amide bonds. The van der Waals surface area contributed by atoms with Crippen LogP contribution in [0.2, 0.25) is 0 Å². The van der Waals surface area contributed by atoms with Crippen molar-refractivity contribution in [2.24, 2.45) is 0 Å². The van der Waals surface area contributed by atoms with Crippen molar-refractivity contribution >= 4 is 28.7 Å². The van der Waals surface area contributed by atoms with E-state index < -0.39 is 16.7 Å². The van der Waals surface area contributed by atoms with Crippen molar-refractivity contribution in [2.45, 2.75) is 6.18 Å². The molecule has 0 N–H and O–H groups in total. The number of halogens is 3. The van der Waals surface area contributed by atoms with Gasteiger partial charge in [-0.2, -0.15) is 18.4 Å². The number of nitro benzene ring substituents is 1. The van der Waals surface area contributed by atoms with E-state index in [1.54, 1.807) is 5.38 Å². The first-order valence-electron chi connectivity index (χ1n) is 7.78. The summed E-state index contributed by atoms with van der Waals surface area (Å²) in [4.78, 5) is 14.5. The molecule has 0 atom stereocenters. The zero-order chi connectivity index (χ0) is 20.3. The molecule has 0 aliphatic heterocycles. The van der Waals surface area contributed by atoms with Gasteiger partial charge in [0.15, 0.2) is 0 Å². The predicted octanol–water partition coefficient (Wildman–Crippen LogP) is 5.80. The van der Waals surface area contributed by atoms with E-state index in [0.717, 1.165) is 23.5 Å². The zero-order valence-electron chi connectivity index (χ0n) is 14.0. The van der Waals surface area contributed by atoms with Gasteiger partial charge in [0.05, 0.1) is 21.8 Å². The summed E-state index contributed by atoms with van der Waals surface area (Å²) in [5, 5.41) is 22.0. The van der Waals surface area contributed by atoms with E-state index in [9.17, 15) is 28.5 Å². The van der Waals surface area contributed by atoms with Crippen molar-refractivity contribution in [1.82, 2.24) is 4.98 Å². The van der Waals surface area contributed by atoms with Crippen molar-refractivity contribution in [3.05, 3.63) is 80.2 Å². The number of benzene rings is 2. The van der Waals surface area contributed by atoms with Crippen LogP contribution in [0.25, 0.3) is 22.9 Å². The fourth-order valence-corrected chi connectivity index (χ4v) is 3.26. The highest BCUT2D eigenvalue weighted by Gasteiger charge is 2.32. The second-order valence-corrected chi connectivity index (χ2v) is 6.45. The van der Waals surface area contributed by atoms with Crippen LogP contribution >= 0.6 is 11.3 Å². The summed E-state index contributed by atoms with van der Waals surface area (Å²) < 4.78 is 39.4. The molecule has 2 aromatic carbocycles. The molecule has 0 radical (unpaired) electrons. The summed E-state index contributed by atoms with van der Waals surface area (Å²) >= 11 is 1.10. The van der Waals surface area contributed by atoms with Crippen LogP contribution in [-0.4, -0.2) is 9.91 Å². The molecule has 0 saturated carbocycles. The second kappa shape index (κ2) is 7.62. The molecule has 0 bridgehead atoms. The first-order valence-corrected chi connectivity index (χ1v) is 8.66. The fraction of sp³-hybridized carbons (Fsp3) is 0.0526. The number of nitrogens with zero attached hydrogens (tertiary/aromatic N) is 3.